The van der Waals surface area contributed by atoms with Crippen LogP contribution in [0.15, 0.2) is 48.5 Å². The van der Waals surface area contributed by atoms with E-state index in [9.17, 15) is 19.2 Å². The maximum absolute atomic E-state index is 12.1. The van der Waals surface area contributed by atoms with E-state index in [2.05, 4.69) is 0 Å². The lowest BCUT2D eigenvalue weighted by Crippen LogP contribution is -2.59. The summed E-state index contributed by atoms with van der Waals surface area (Å²) < 4.78 is 33.8. The van der Waals surface area contributed by atoms with Crippen LogP contribution in [0.2, 0.25) is 0 Å². The number of hydrogen-bond acceptors (Lipinski definition) is 11. The second-order valence-corrected chi connectivity index (χ2v) is 10.4. The van der Waals surface area contributed by atoms with Crippen molar-refractivity contribution in [1.82, 2.24) is 0 Å². The van der Waals surface area contributed by atoms with E-state index in [1.807, 2.05) is 49.4 Å². The molecular weight excluding hydrogens is 540 g/mol. The molecule has 1 aliphatic heterocycles. The van der Waals surface area contributed by atoms with Gasteiger partial charge >= 0.3 is 23.9 Å². The molecule has 0 unspecified atom stereocenters. The van der Waals surface area contributed by atoms with Crippen LogP contribution in [0.25, 0.3) is 0 Å². The molecule has 0 amide bonds. The van der Waals surface area contributed by atoms with Crippen LogP contribution < -0.4 is 9.47 Å². The Morgan fingerprint density at radius 1 is 0.750 bits per heavy atom. The molecule has 0 N–H and O–H groups in total. The molecule has 1 fully saturated rings. The molecule has 0 spiro atoms. The molecule has 0 radical (unpaired) electrons. The Balaban J connectivity index is 1.96. The first kappa shape index (κ1) is 30.8. The highest BCUT2D eigenvalue weighted by Gasteiger charge is 2.53. The number of para-hydroxylation sites is 1. The van der Waals surface area contributed by atoms with Crippen LogP contribution >= 0.6 is 11.8 Å². The van der Waals surface area contributed by atoms with Crippen molar-refractivity contribution in [2.45, 2.75) is 70.0 Å². The van der Waals surface area contributed by atoms with Gasteiger partial charge in [0.2, 0.25) is 0 Å². The van der Waals surface area contributed by atoms with Crippen molar-refractivity contribution in [3.05, 3.63) is 59.7 Å². The zero-order valence-corrected chi connectivity index (χ0v) is 23.9. The molecule has 10 nitrogen and oxygen atoms in total. The van der Waals surface area contributed by atoms with Gasteiger partial charge in [-0.2, -0.15) is 0 Å². The van der Waals surface area contributed by atoms with E-state index in [4.69, 9.17) is 28.4 Å². The molecule has 0 aliphatic carbocycles. The number of ether oxygens (including phenoxy) is 6. The van der Waals surface area contributed by atoms with Gasteiger partial charge in [-0.1, -0.05) is 30.3 Å². The molecule has 1 saturated heterocycles. The van der Waals surface area contributed by atoms with E-state index in [-0.39, 0.29) is 6.61 Å². The Hall–Kier alpha value is -3.73. The summed E-state index contributed by atoms with van der Waals surface area (Å²) in [5.74, 6) is -1.20. The van der Waals surface area contributed by atoms with Crippen LogP contribution in [-0.4, -0.2) is 66.1 Å². The summed E-state index contributed by atoms with van der Waals surface area (Å²) in [5, 5.41) is -0.688. The van der Waals surface area contributed by atoms with E-state index in [1.54, 1.807) is 6.07 Å². The van der Waals surface area contributed by atoms with Crippen molar-refractivity contribution >= 4 is 35.6 Å². The van der Waals surface area contributed by atoms with Crippen molar-refractivity contribution < 1.29 is 47.6 Å². The second kappa shape index (κ2) is 14.6. The van der Waals surface area contributed by atoms with E-state index < -0.39 is 52.9 Å². The molecule has 40 heavy (non-hydrogen) atoms. The third-order valence-electron chi connectivity index (χ3n) is 5.79. The molecule has 3 rings (SSSR count). The van der Waals surface area contributed by atoms with Crippen LogP contribution in [0.5, 0.6) is 11.5 Å². The van der Waals surface area contributed by atoms with Gasteiger partial charge in [0.05, 0.1) is 11.9 Å². The van der Waals surface area contributed by atoms with Crippen molar-refractivity contribution in [1.29, 1.82) is 0 Å². The number of hydrogen-bond donors (Lipinski definition) is 0. The molecule has 1 aliphatic rings. The van der Waals surface area contributed by atoms with E-state index in [1.165, 1.54) is 27.7 Å². The van der Waals surface area contributed by atoms with Crippen LogP contribution in [0.4, 0.5) is 0 Å². The predicted octanol–water partition coefficient (Wildman–Crippen LogP) is 3.85. The standard InChI is InChI=1S/C29H34O10S/c1-6-34-23-13-11-21(12-14-23)15-22-9-7-8-10-24(22)39-29-28(38-20(5)33)27(37-19(4)32)26(36-18(3)31)25(40-29)16-35-17(2)30/h7-14,25-29H,6,15-16H2,1-5H3/t25-,26-,27+,28-,29-/m1/s1. The highest BCUT2D eigenvalue weighted by Crippen LogP contribution is 2.40. The number of carbonyl (C=O) groups is 4. The lowest BCUT2D eigenvalue weighted by atomic mass is 10.0. The maximum atomic E-state index is 12.1. The molecule has 5 atom stereocenters. The normalized spacial score (nSPS) is 22.0. The van der Waals surface area contributed by atoms with Crippen molar-refractivity contribution in [3.8, 4) is 11.5 Å². The average Bonchev–Trinajstić information content (AvgIpc) is 2.88. The monoisotopic (exact) mass is 574 g/mol. The first-order chi connectivity index (χ1) is 19.1. The molecule has 2 aromatic carbocycles. The SMILES string of the molecule is CCOc1ccc(Cc2ccccc2O[C@@H]2S[C@H](COC(C)=O)[C@@H](OC(C)=O)[C@H](OC(C)=O)[C@H]2OC(C)=O)cc1. The van der Waals surface area contributed by atoms with E-state index in [0.717, 1.165) is 28.6 Å². The lowest BCUT2D eigenvalue weighted by molar-refractivity contribution is -0.190. The van der Waals surface area contributed by atoms with Gasteiger partial charge in [-0.05, 0) is 36.2 Å². The van der Waals surface area contributed by atoms with Crippen LogP contribution in [0.1, 0.15) is 45.7 Å². The number of benzene rings is 2. The van der Waals surface area contributed by atoms with Gasteiger partial charge in [-0.25, -0.2) is 0 Å². The number of esters is 4. The summed E-state index contributed by atoms with van der Waals surface area (Å²) in [7, 11) is 0. The Morgan fingerprint density at radius 3 is 1.95 bits per heavy atom. The zero-order valence-electron chi connectivity index (χ0n) is 23.1. The van der Waals surface area contributed by atoms with Gasteiger partial charge in [0, 0.05) is 34.1 Å². The number of thioether (sulfide) groups is 1. The fraction of sp³-hybridized carbons (Fsp3) is 0.448. The summed E-state index contributed by atoms with van der Waals surface area (Å²) in [4.78, 5) is 47.8. The predicted molar refractivity (Wildman–Crippen MR) is 146 cm³/mol. The van der Waals surface area contributed by atoms with Gasteiger partial charge in [-0.3, -0.25) is 19.2 Å². The fourth-order valence-electron chi connectivity index (χ4n) is 4.26. The van der Waals surface area contributed by atoms with E-state index in [0.29, 0.717) is 18.8 Å². The minimum absolute atomic E-state index is 0.157. The minimum Gasteiger partial charge on any atom is -0.494 e. The molecular formula is C29H34O10S. The average molecular weight is 575 g/mol. The minimum atomic E-state index is -1.21. The first-order valence-corrected chi connectivity index (χ1v) is 13.8. The van der Waals surface area contributed by atoms with Gasteiger partial charge in [0.25, 0.3) is 0 Å². The molecule has 1 heterocycles. The topological polar surface area (TPSA) is 124 Å². The van der Waals surface area contributed by atoms with Crippen LogP contribution in [-0.2, 0) is 44.5 Å². The summed E-state index contributed by atoms with van der Waals surface area (Å²) in [6.45, 7) is 7.22. The number of carbonyl (C=O) groups excluding carboxylic acids is 4. The van der Waals surface area contributed by atoms with Gasteiger partial charge in [0.15, 0.2) is 23.7 Å². The Bertz CT molecular complexity index is 1180. The zero-order chi connectivity index (χ0) is 29.2. The van der Waals surface area contributed by atoms with Crippen LogP contribution in [0, 0.1) is 0 Å². The number of rotatable bonds is 11. The highest BCUT2D eigenvalue weighted by molar-refractivity contribution is 8.00. The highest BCUT2D eigenvalue weighted by atomic mass is 32.2. The summed E-state index contributed by atoms with van der Waals surface area (Å²) >= 11 is 1.16. The Kier molecular flexibility index (Phi) is 11.2. The molecule has 0 aromatic heterocycles. The molecule has 11 heteroatoms. The second-order valence-electron chi connectivity index (χ2n) is 9.05. The summed E-state index contributed by atoms with van der Waals surface area (Å²) in [6, 6.07) is 15.1. The fourth-order valence-corrected chi connectivity index (χ4v) is 5.64. The smallest absolute Gasteiger partial charge is 0.303 e. The maximum Gasteiger partial charge on any atom is 0.303 e. The van der Waals surface area contributed by atoms with Gasteiger partial charge in [-0.15, -0.1) is 11.8 Å². The van der Waals surface area contributed by atoms with E-state index >= 15 is 0 Å². The molecule has 0 saturated carbocycles. The third-order valence-corrected chi connectivity index (χ3v) is 7.18. The lowest BCUT2D eigenvalue weighted by Gasteiger charge is -2.43. The molecule has 0 bridgehead atoms. The van der Waals surface area contributed by atoms with Crippen molar-refractivity contribution in [3.63, 3.8) is 0 Å². The Labute approximate surface area is 237 Å². The Morgan fingerprint density at radius 2 is 1.35 bits per heavy atom. The third kappa shape index (κ3) is 8.90. The largest absolute Gasteiger partial charge is 0.494 e. The first-order valence-electron chi connectivity index (χ1n) is 12.8. The summed E-state index contributed by atoms with van der Waals surface area (Å²) in [5.41, 5.74) is 0.978. The quantitative estimate of drug-likeness (QED) is 0.287. The van der Waals surface area contributed by atoms with Crippen LogP contribution in [0.3, 0.4) is 0 Å². The van der Waals surface area contributed by atoms with Crippen molar-refractivity contribution in [2.75, 3.05) is 13.2 Å². The van der Waals surface area contributed by atoms with Gasteiger partial charge < -0.3 is 28.4 Å². The van der Waals surface area contributed by atoms with Crippen molar-refractivity contribution in [2.24, 2.45) is 0 Å². The molecule has 2 aromatic rings. The summed E-state index contributed by atoms with van der Waals surface area (Å²) in [6.07, 6.45) is -2.88. The molecule has 216 valence electrons. The van der Waals surface area contributed by atoms with Gasteiger partial charge in [0.1, 0.15) is 18.1 Å².